The molecule has 0 bridgehead atoms. The van der Waals surface area contributed by atoms with E-state index in [0.717, 1.165) is 28.0 Å². The van der Waals surface area contributed by atoms with Gasteiger partial charge in [0.25, 0.3) is 0 Å². The number of aryl methyl sites for hydroxylation is 1. The van der Waals surface area contributed by atoms with Crippen LogP contribution in [0.5, 0.6) is 5.75 Å². The van der Waals surface area contributed by atoms with E-state index in [0.29, 0.717) is 5.56 Å². The van der Waals surface area contributed by atoms with Crippen LogP contribution in [-0.4, -0.2) is 12.1 Å². The molecule has 1 aliphatic carbocycles. The standard InChI is InChI=1S/C22H18O3/c1-13-7-9-17-19(11-13)24-20-12-14(2)8-10-18(20)22(17)16-6-4-3-5-15(16)21(23)25-22/h3-12,17,19H,1-2H3. The predicted octanol–water partition coefficient (Wildman–Crippen LogP) is 4.30. The summed E-state index contributed by atoms with van der Waals surface area (Å²) < 4.78 is 12.4. The van der Waals surface area contributed by atoms with Crippen molar-refractivity contribution in [3.05, 3.63) is 88.5 Å². The normalized spacial score (nSPS) is 28.6. The van der Waals surface area contributed by atoms with Gasteiger partial charge >= 0.3 is 5.97 Å². The van der Waals surface area contributed by atoms with Crippen LogP contribution in [0.2, 0.25) is 0 Å². The topological polar surface area (TPSA) is 35.5 Å². The number of hydrogen-bond donors (Lipinski definition) is 0. The highest BCUT2D eigenvalue weighted by molar-refractivity contribution is 5.96. The number of hydrogen-bond acceptors (Lipinski definition) is 3. The lowest BCUT2D eigenvalue weighted by Crippen LogP contribution is -2.48. The summed E-state index contributed by atoms with van der Waals surface area (Å²) >= 11 is 0. The first kappa shape index (κ1) is 14.5. The third-order valence-corrected chi connectivity index (χ3v) is 5.42. The molecule has 25 heavy (non-hydrogen) atoms. The molecule has 0 saturated carbocycles. The number of carbonyl (C=O) groups excluding carboxylic acids is 1. The summed E-state index contributed by atoms with van der Waals surface area (Å²) in [5.41, 5.74) is 3.96. The lowest BCUT2D eigenvalue weighted by atomic mass is 9.69. The number of carbonyl (C=O) groups is 1. The van der Waals surface area contributed by atoms with Gasteiger partial charge in [-0.25, -0.2) is 4.79 Å². The third-order valence-electron chi connectivity index (χ3n) is 5.42. The van der Waals surface area contributed by atoms with Crippen molar-refractivity contribution in [3.63, 3.8) is 0 Å². The van der Waals surface area contributed by atoms with Crippen molar-refractivity contribution in [2.24, 2.45) is 5.92 Å². The van der Waals surface area contributed by atoms with Gasteiger partial charge in [-0.05, 0) is 37.6 Å². The van der Waals surface area contributed by atoms with Crippen LogP contribution < -0.4 is 4.74 Å². The quantitative estimate of drug-likeness (QED) is 0.676. The zero-order valence-corrected chi connectivity index (χ0v) is 14.2. The number of ether oxygens (including phenoxy) is 2. The van der Waals surface area contributed by atoms with E-state index < -0.39 is 5.60 Å². The smallest absolute Gasteiger partial charge is 0.339 e. The molecule has 2 aromatic rings. The van der Waals surface area contributed by atoms with Crippen molar-refractivity contribution in [3.8, 4) is 5.75 Å². The van der Waals surface area contributed by atoms with Crippen molar-refractivity contribution >= 4 is 5.97 Å². The number of rotatable bonds is 0. The summed E-state index contributed by atoms with van der Waals surface area (Å²) in [6.07, 6.45) is 6.17. The molecule has 3 heteroatoms. The van der Waals surface area contributed by atoms with E-state index in [-0.39, 0.29) is 18.0 Å². The van der Waals surface area contributed by atoms with Gasteiger partial charge in [0.2, 0.25) is 0 Å². The van der Waals surface area contributed by atoms with Crippen molar-refractivity contribution in [2.45, 2.75) is 25.6 Å². The maximum absolute atomic E-state index is 12.7. The molecule has 0 saturated heterocycles. The number of benzene rings is 2. The van der Waals surface area contributed by atoms with Gasteiger partial charge in [0.1, 0.15) is 11.9 Å². The fourth-order valence-electron chi connectivity index (χ4n) is 4.31. The number of fused-ring (bicyclic) bond motifs is 6. The summed E-state index contributed by atoms with van der Waals surface area (Å²) in [6, 6.07) is 13.8. The fourth-order valence-corrected chi connectivity index (χ4v) is 4.31. The van der Waals surface area contributed by atoms with E-state index in [9.17, 15) is 4.79 Å². The minimum absolute atomic E-state index is 0.0843. The molecule has 3 atom stereocenters. The van der Waals surface area contributed by atoms with Crippen LogP contribution in [0.1, 0.15) is 34.0 Å². The molecule has 0 N–H and O–H groups in total. The average Bonchev–Trinajstić information content (AvgIpc) is 2.88. The largest absolute Gasteiger partial charge is 0.485 e. The molecular formula is C22H18O3. The average molecular weight is 330 g/mol. The molecule has 3 unspecified atom stereocenters. The van der Waals surface area contributed by atoms with Crippen molar-refractivity contribution in [1.29, 1.82) is 0 Å². The van der Waals surface area contributed by atoms with Gasteiger partial charge < -0.3 is 9.47 Å². The van der Waals surface area contributed by atoms with Crippen LogP contribution in [0.4, 0.5) is 0 Å². The minimum Gasteiger partial charge on any atom is -0.485 e. The second kappa shape index (κ2) is 4.85. The highest BCUT2D eigenvalue weighted by atomic mass is 16.6. The summed E-state index contributed by atoms with van der Waals surface area (Å²) in [7, 11) is 0. The van der Waals surface area contributed by atoms with Gasteiger partial charge in [-0.2, -0.15) is 0 Å². The molecule has 0 aromatic heterocycles. The molecule has 2 heterocycles. The Bertz CT molecular complexity index is 969. The van der Waals surface area contributed by atoms with Crippen LogP contribution in [0.15, 0.2) is 66.3 Å². The highest BCUT2D eigenvalue weighted by Crippen LogP contribution is 2.55. The molecule has 0 radical (unpaired) electrons. The molecule has 0 fully saturated rings. The van der Waals surface area contributed by atoms with E-state index in [1.54, 1.807) is 0 Å². The van der Waals surface area contributed by atoms with E-state index in [1.165, 1.54) is 0 Å². The van der Waals surface area contributed by atoms with Crippen LogP contribution in [0.25, 0.3) is 0 Å². The summed E-state index contributed by atoms with van der Waals surface area (Å²) in [4.78, 5) is 12.7. The molecule has 124 valence electrons. The lowest BCUT2D eigenvalue weighted by Gasteiger charge is -2.45. The zero-order chi connectivity index (χ0) is 17.2. The monoisotopic (exact) mass is 330 g/mol. The molecule has 5 rings (SSSR count). The van der Waals surface area contributed by atoms with Gasteiger partial charge in [-0.15, -0.1) is 0 Å². The first-order chi connectivity index (χ1) is 12.1. The first-order valence-corrected chi connectivity index (χ1v) is 8.57. The fraction of sp³-hybridized carbons (Fsp3) is 0.227. The highest BCUT2D eigenvalue weighted by Gasteiger charge is 2.58. The van der Waals surface area contributed by atoms with Gasteiger partial charge in [-0.3, -0.25) is 0 Å². The summed E-state index contributed by atoms with van der Waals surface area (Å²) in [5, 5.41) is 0. The first-order valence-electron chi connectivity index (χ1n) is 8.57. The Labute approximate surface area is 146 Å². The Morgan fingerprint density at radius 2 is 1.88 bits per heavy atom. The van der Waals surface area contributed by atoms with E-state index in [1.807, 2.05) is 49.4 Å². The van der Waals surface area contributed by atoms with Crippen LogP contribution in [0, 0.1) is 12.8 Å². The van der Waals surface area contributed by atoms with E-state index in [2.05, 4.69) is 25.2 Å². The maximum atomic E-state index is 12.7. The number of esters is 1. The van der Waals surface area contributed by atoms with Gasteiger partial charge in [0.15, 0.2) is 5.60 Å². The Kier molecular flexibility index (Phi) is 2.82. The minimum atomic E-state index is -0.826. The van der Waals surface area contributed by atoms with Gasteiger partial charge in [-0.1, -0.05) is 48.1 Å². The van der Waals surface area contributed by atoms with Gasteiger partial charge in [0, 0.05) is 11.1 Å². The maximum Gasteiger partial charge on any atom is 0.339 e. The Morgan fingerprint density at radius 3 is 2.76 bits per heavy atom. The molecule has 1 spiro atoms. The molecule has 0 amide bonds. The van der Waals surface area contributed by atoms with Crippen molar-refractivity contribution < 1.29 is 14.3 Å². The third kappa shape index (κ3) is 1.84. The molecule has 2 aromatic carbocycles. The predicted molar refractivity (Wildman–Crippen MR) is 94.6 cm³/mol. The second-order valence-corrected chi connectivity index (χ2v) is 7.05. The molecule has 3 nitrogen and oxygen atoms in total. The van der Waals surface area contributed by atoms with Crippen molar-refractivity contribution in [1.82, 2.24) is 0 Å². The van der Waals surface area contributed by atoms with Crippen molar-refractivity contribution in [2.75, 3.05) is 0 Å². The van der Waals surface area contributed by atoms with Crippen LogP contribution in [-0.2, 0) is 10.3 Å². The Morgan fingerprint density at radius 1 is 1.04 bits per heavy atom. The second-order valence-electron chi connectivity index (χ2n) is 7.05. The Balaban J connectivity index is 1.84. The van der Waals surface area contributed by atoms with Crippen LogP contribution >= 0.6 is 0 Å². The molecular weight excluding hydrogens is 312 g/mol. The Hall–Kier alpha value is -2.81. The summed E-state index contributed by atoms with van der Waals surface area (Å²) in [6.45, 7) is 4.10. The van der Waals surface area contributed by atoms with Crippen LogP contribution in [0.3, 0.4) is 0 Å². The summed E-state index contributed by atoms with van der Waals surface area (Å²) in [5.74, 6) is 0.451. The molecule has 3 aliphatic rings. The molecule has 2 aliphatic heterocycles. The SMILES string of the molecule is CC1=CC2Oc3cc(C)ccc3C3(OC(=O)c4ccccc43)C2C=C1. The number of allylic oxidation sites excluding steroid dienone is 2. The zero-order valence-electron chi connectivity index (χ0n) is 14.2. The van der Waals surface area contributed by atoms with Gasteiger partial charge in [0.05, 0.1) is 11.5 Å². The van der Waals surface area contributed by atoms with E-state index in [4.69, 9.17) is 9.47 Å². The lowest BCUT2D eigenvalue weighted by molar-refractivity contribution is -0.0418. The van der Waals surface area contributed by atoms with E-state index >= 15 is 0 Å².